The summed E-state index contributed by atoms with van der Waals surface area (Å²) in [5.41, 5.74) is 1.98. The Hall–Kier alpha value is -1.35. The molecule has 4 rings (SSSR count). The van der Waals surface area contributed by atoms with Crippen LogP contribution in [0.1, 0.15) is 44.1 Å². The third kappa shape index (κ3) is 2.18. The molecule has 1 aromatic carbocycles. The van der Waals surface area contributed by atoms with Crippen LogP contribution in [-0.4, -0.2) is 30.4 Å². The summed E-state index contributed by atoms with van der Waals surface area (Å²) in [6, 6.07) is 8.24. The van der Waals surface area contributed by atoms with Gasteiger partial charge in [0, 0.05) is 18.8 Å². The average molecular weight is 284 g/mol. The first kappa shape index (κ1) is 13.3. The lowest BCUT2D eigenvalue weighted by Gasteiger charge is -2.28. The largest absolute Gasteiger partial charge is 0.325 e. The number of amides is 1. The molecule has 3 aliphatic rings. The van der Waals surface area contributed by atoms with Crippen molar-refractivity contribution in [1.29, 1.82) is 0 Å². The second kappa shape index (κ2) is 5.13. The number of nitrogens with one attached hydrogen (secondary N) is 1. The number of nitrogens with zero attached hydrogens (tertiary/aromatic N) is 1. The van der Waals surface area contributed by atoms with Gasteiger partial charge in [0.2, 0.25) is 5.91 Å². The molecular weight excluding hydrogens is 260 g/mol. The van der Waals surface area contributed by atoms with E-state index in [1.165, 1.54) is 44.2 Å². The molecule has 112 valence electrons. The molecule has 1 atom stereocenters. The van der Waals surface area contributed by atoms with Crippen LogP contribution in [0.5, 0.6) is 0 Å². The van der Waals surface area contributed by atoms with E-state index in [0.29, 0.717) is 0 Å². The molecule has 0 aromatic heterocycles. The van der Waals surface area contributed by atoms with E-state index in [9.17, 15) is 4.79 Å². The van der Waals surface area contributed by atoms with Gasteiger partial charge < -0.3 is 10.2 Å². The van der Waals surface area contributed by atoms with Crippen molar-refractivity contribution >= 4 is 11.6 Å². The average Bonchev–Trinajstić information content (AvgIpc) is 3.05. The van der Waals surface area contributed by atoms with Crippen molar-refractivity contribution in [2.75, 3.05) is 25.0 Å². The predicted molar refractivity (Wildman–Crippen MR) is 84.4 cm³/mol. The van der Waals surface area contributed by atoms with Crippen LogP contribution < -0.4 is 5.32 Å². The van der Waals surface area contributed by atoms with Gasteiger partial charge in [-0.1, -0.05) is 37.5 Å². The molecule has 1 saturated carbocycles. The topological polar surface area (TPSA) is 32.3 Å². The second-order valence-electron chi connectivity index (χ2n) is 7.07. The van der Waals surface area contributed by atoms with Crippen molar-refractivity contribution in [3.05, 3.63) is 29.8 Å². The van der Waals surface area contributed by atoms with E-state index in [2.05, 4.69) is 22.3 Å². The summed E-state index contributed by atoms with van der Waals surface area (Å²) in [5.74, 6) is 1.07. The summed E-state index contributed by atoms with van der Waals surface area (Å²) in [5, 5.41) is 3.09. The zero-order valence-corrected chi connectivity index (χ0v) is 12.6. The van der Waals surface area contributed by atoms with Crippen molar-refractivity contribution in [3.63, 3.8) is 0 Å². The zero-order valence-electron chi connectivity index (χ0n) is 12.6. The minimum absolute atomic E-state index is 0.217. The number of carbonyl (C=O) groups is 1. The Morgan fingerprint density at radius 1 is 1.19 bits per heavy atom. The maximum absolute atomic E-state index is 12.6. The number of para-hydroxylation sites is 1. The van der Waals surface area contributed by atoms with Gasteiger partial charge in [0.15, 0.2) is 0 Å². The molecule has 3 nitrogen and oxygen atoms in total. The van der Waals surface area contributed by atoms with Crippen molar-refractivity contribution < 1.29 is 4.79 Å². The van der Waals surface area contributed by atoms with E-state index in [1.807, 2.05) is 12.1 Å². The Balaban J connectivity index is 1.51. The van der Waals surface area contributed by atoms with Crippen molar-refractivity contribution in [1.82, 2.24) is 4.90 Å². The van der Waals surface area contributed by atoms with E-state index in [-0.39, 0.29) is 11.3 Å². The first-order valence-electron chi connectivity index (χ1n) is 8.41. The fourth-order valence-electron chi connectivity index (χ4n) is 4.56. The zero-order chi connectivity index (χ0) is 14.3. The number of likely N-dealkylation sites (tertiary alicyclic amines) is 1. The molecule has 2 aliphatic heterocycles. The smallest absolute Gasteiger partial charge is 0.236 e. The molecule has 0 bridgehead atoms. The summed E-state index contributed by atoms with van der Waals surface area (Å²) in [7, 11) is 0. The van der Waals surface area contributed by atoms with Gasteiger partial charge in [0.05, 0.1) is 5.41 Å². The second-order valence-corrected chi connectivity index (χ2v) is 7.07. The third-order valence-electron chi connectivity index (χ3n) is 5.71. The van der Waals surface area contributed by atoms with Crippen LogP contribution in [-0.2, 0) is 10.2 Å². The molecule has 1 saturated heterocycles. The van der Waals surface area contributed by atoms with E-state index < -0.39 is 0 Å². The van der Waals surface area contributed by atoms with Crippen LogP contribution in [0.4, 0.5) is 5.69 Å². The Kier molecular flexibility index (Phi) is 3.26. The molecule has 1 unspecified atom stereocenters. The van der Waals surface area contributed by atoms with E-state index in [4.69, 9.17) is 0 Å². The molecule has 3 heteroatoms. The molecule has 1 aliphatic carbocycles. The first-order valence-corrected chi connectivity index (χ1v) is 8.41. The highest BCUT2D eigenvalue weighted by atomic mass is 16.2. The van der Waals surface area contributed by atoms with Gasteiger partial charge in [0.1, 0.15) is 0 Å². The minimum atomic E-state index is -0.273. The van der Waals surface area contributed by atoms with Gasteiger partial charge in [-0.2, -0.15) is 0 Å². The van der Waals surface area contributed by atoms with Gasteiger partial charge in [-0.15, -0.1) is 0 Å². The lowest BCUT2D eigenvalue weighted by Crippen LogP contribution is -2.38. The lowest BCUT2D eigenvalue weighted by atomic mass is 9.81. The van der Waals surface area contributed by atoms with Crippen LogP contribution in [0.25, 0.3) is 0 Å². The normalized spacial score (nSPS) is 29.8. The maximum Gasteiger partial charge on any atom is 0.236 e. The van der Waals surface area contributed by atoms with Gasteiger partial charge >= 0.3 is 0 Å². The van der Waals surface area contributed by atoms with Crippen molar-refractivity contribution in [2.24, 2.45) is 5.92 Å². The number of rotatable bonds is 2. The summed E-state index contributed by atoms with van der Waals surface area (Å²) >= 11 is 0. The number of anilines is 1. The lowest BCUT2D eigenvalue weighted by molar-refractivity contribution is -0.120. The molecule has 1 amide bonds. The molecule has 1 aromatic rings. The van der Waals surface area contributed by atoms with Crippen molar-refractivity contribution in [3.8, 4) is 0 Å². The molecule has 2 fully saturated rings. The molecule has 21 heavy (non-hydrogen) atoms. The highest BCUT2D eigenvalue weighted by Crippen LogP contribution is 2.44. The molecule has 0 radical (unpaired) electrons. The van der Waals surface area contributed by atoms with Crippen LogP contribution in [0.3, 0.4) is 0 Å². The van der Waals surface area contributed by atoms with Gasteiger partial charge in [-0.05, 0) is 43.4 Å². The Morgan fingerprint density at radius 2 is 2.00 bits per heavy atom. The monoisotopic (exact) mass is 284 g/mol. The third-order valence-corrected chi connectivity index (χ3v) is 5.71. The first-order chi connectivity index (χ1) is 10.3. The summed E-state index contributed by atoms with van der Waals surface area (Å²) in [4.78, 5) is 15.1. The minimum Gasteiger partial charge on any atom is -0.325 e. The Bertz CT molecular complexity index is 550. The maximum atomic E-state index is 12.6. The molecule has 1 spiro atoms. The highest BCUT2D eigenvalue weighted by molar-refractivity contribution is 6.06. The number of hydrogen-bond acceptors (Lipinski definition) is 2. The highest BCUT2D eigenvalue weighted by Gasteiger charge is 2.50. The molecule has 1 N–H and O–H groups in total. The molecular formula is C18H24N2O. The number of fused-ring (bicyclic) bond motifs is 2. The number of carbonyl (C=O) groups excluding carboxylic acids is 1. The van der Waals surface area contributed by atoms with Gasteiger partial charge in [-0.3, -0.25) is 4.79 Å². The quantitative estimate of drug-likeness (QED) is 0.904. The van der Waals surface area contributed by atoms with E-state index in [0.717, 1.165) is 31.1 Å². The Morgan fingerprint density at radius 3 is 2.86 bits per heavy atom. The standard InChI is InChI=1S/C18H24N2O/c21-17-18(15-8-4-5-9-16(15)19-17)10-11-20(13-18)12-14-6-2-1-3-7-14/h4-5,8-9,14H,1-3,6-7,10-13H2,(H,19,21). The predicted octanol–water partition coefficient (Wildman–Crippen LogP) is 3.16. The van der Waals surface area contributed by atoms with E-state index in [1.54, 1.807) is 0 Å². The summed E-state index contributed by atoms with van der Waals surface area (Å²) in [6.45, 7) is 3.17. The fourth-order valence-corrected chi connectivity index (χ4v) is 4.56. The SMILES string of the molecule is O=C1Nc2ccccc2C12CCN(CC1CCCCC1)C2. The summed E-state index contributed by atoms with van der Waals surface area (Å²) < 4.78 is 0. The number of hydrogen-bond donors (Lipinski definition) is 1. The Labute approximate surface area is 126 Å². The van der Waals surface area contributed by atoms with E-state index >= 15 is 0 Å². The van der Waals surface area contributed by atoms with Crippen LogP contribution in [0.15, 0.2) is 24.3 Å². The summed E-state index contributed by atoms with van der Waals surface area (Å²) in [6.07, 6.45) is 7.94. The van der Waals surface area contributed by atoms with Gasteiger partial charge in [-0.25, -0.2) is 0 Å². The van der Waals surface area contributed by atoms with Crippen molar-refractivity contribution in [2.45, 2.75) is 43.9 Å². The molecule has 2 heterocycles. The fraction of sp³-hybridized carbons (Fsp3) is 0.611. The van der Waals surface area contributed by atoms with Crippen LogP contribution in [0, 0.1) is 5.92 Å². The van der Waals surface area contributed by atoms with Gasteiger partial charge in [0.25, 0.3) is 0 Å². The number of benzene rings is 1. The van der Waals surface area contributed by atoms with Crippen LogP contribution >= 0.6 is 0 Å². The van der Waals surface area contributed by atoms with Crippen LogP contribution in [0.2, 0.25) is 0 Å².